The van der Waals surface area contributed by atoms with E-state index in [1.807, 2.05) is 0 Å². The van der Waals surface area contributed by atoms with Crippen LogP contribution >= 0.6 is 0 Å². The number of unbranched alkanes of at least 4 members (excludes halogenated alkanes) is 3. The molecular weight excluding hydrogens is 405 g/mol. The summed E-state index contributed by atoms with van der Waals surface area (Å²) in [4.78, 5) is -0.982. The second-order valence-corrected chi connectivity index (χ2v) is 6.24. The Labute approximate surface area is 148 Å². The van der Waals surface area contributed by atoms with Crippen molar-refractivity contribution >= 4 is 0 Å². The molecule has 27 heavy (non-hydrogen) atoms. The van der Waals surface area contributed by atoms with E-state index in [2.05, 4.69) is 6.92 Å². The molecule has 1 aliphatic carbocycles. The summed E-state index contributed by atoms with van der Waals surface area (Å²) in [6.07, 6.45) is 5.16. The molecule has 0 unspecified atom stereocenters. The molecule has 0 radical (unpaired) electrons. The molecule has 1 rings (SSSR count). The normalized spacial score (nSPS) is 26.2. The third-order valence-corrected chi connectivity index (χ3v) is 4.08. The zero-order valence-corrected chi connectivity index (χ0v) is 14.7. The number of nitrogens with zero attached hydrogens (tertiary/aromatic N) is 1. The molecule has 0 atom stereocenters. The number of nitrogens with two attached hydrogens (primary N) is 1. The van der Waals surface area contributed by atoms with E-state index in [0.29, 0.717) is 0 Å². The minimum Gasteiger partial charge on any atom is -0.330 e. The summed E-state index contributed by atoms with van der Waals surface area (Å²) in [7, 11) is 0.0227. The van der Waals surface area contributed by atoms with Crippen LogP contribution in [0.15, 0.2) is 0 Å². The van der Waals surface area contributed by atoms with Crippen LogP contribution in [0.4, 0.5) is 48.3 Å². The highest BCUT2D eigenvalue weighted by Gasteiger charge is 3.01. The molecule has 1 fully saturated rings. The lowest BCUT2D eigenvalue weighted by Crippen LogP contribution is -2.86. The highest BCUT2D eigenvalue weighted by atomic mass is 19.4. The first-order valence-electron chi connectivity index (χ1n) is 7.81. The highest BCUT2D eigenvalue weighted by Crippen LogP contribution is 2.69. The topological polar surface area (TPSA) is 29.3 Å². The first-order valence-corrected chi connectivity index (χ1v) is 7.81. The highest BCUT2D eigenvalue weighted by molar-refractivity contribution is 5.25. The Kier molecular flexibility index (Phi) is 7.63. The molecule has 0 bridgehead atoms. The lowest BCUT2D eigenvalue weighted by atomic mass is 9.76. The number of hydrogen-bond acceptors (Lipinski definition) is 2. The summed E-state index contributed by atoms with van der Waals surface area (Å²) in [5.41, 5.74) is 5.27. The lowest BCUT2D eigenvalue weighted by Gasteiger charge is -2.54. The molecule has 0 aliphatic heterocycles. The van der Waals surface area contributed by atoms with Crippen LogP contribution in [-0.2, 0) is 0 Å². The van der Waals surface area contributed by atoms with Crippen molar-refractivity contribution in [1.29, 1.82) is 0 Å². The first-order chi connectivity index (χ1) is 11.9. The average Bonchev–Trinajstić information content (AvgIpc) is 2.53. The Morgan fingerprint density at radius 3 is 1.19 bits per heavy atom. The molecule has 2 nitrogen and oxygen atoms in total. The van der Waals surface area contributed by atoms with Crippen molar-refractivity contribution in [1.82, 2.24) is 4.90 Å². The van der Waals surface area contributed by atoms with Gasteiger partial charge in [-0.2, -0.15) is 43.9 Å². The number of halogens is 11. The van der Waals surface area contributed by atoms with E-state index in [1.54, 1.807) is 0 Å². The van der Waals surface area contributed by atoms with Gasteiger partial charge in [-0.05, 0) is 27.1 Å². The second-order valence-electron chi connectivity index (χ2n) is 6.24. The van der Waals surface area contributed by atoms with Gasteiger partial charge in [0.2, 0.25) is 0 Å². The van der Waals surface area contributed by atoms with Gasteiger partial charge >= 0.3 is 35.4 Å². The van der Waals surface area contributed by atoms with Gasteiger partial charge in [-0.1, -0.05) is 26.2 Å². The van der Waals surface area contributed by atoms with Crippen molar-refractivity contribution in [3.63, 3.8) is 0 Å². The summed E-state index contributed by atoms with van der Waals surface area (Å²) in [5.74, 6) is -40.8. The van der Waals surface area contributed by atoms with Gasteiger partial charge in [0.05, 0.1) is 0 Å². The Balaban J connectivity index is 0.000000821. The van der Waals surface area contributed by atoms with Crippen molar-refractivity contribution in [2.75, 3.05) is 20.6 Å². The molecule has 0 aromatic rings. The molecule has 1 saturated carbocycles. The zero-order valence-electron chi connectivity index (χ0n) is 14.7. The number of hydrogen-bond donors (Lipinski definition) is 1. The third kappa shape index (κ3) is 3.38. The Hall–Kier alpha value is -0.850. The summed E-state index contributed by atoms with van der Waals surface area (Å²) in [6.45, 7) is 3.07. The Morgan fingerprint density at radius 2 is 0.926 bits per heavy atom. The van der Waals surface area contributed by atoms with Gasteiger partial charge < -0.3 is 5.73 Å². The van der Waals surface area contributed by atoms with Gasteiger partial charge in [0.1, 0.15) is 0 Å². The maximum absolute atomic E-state index is 13.7. The van der Waals surface area contributed by atoms with Gasteiger partial charge in [0, 0.05) is 0 Å². The molecular formula is C14H21F11N2. The fourth-order valence-electron chi connectivity index (χ4n) is 2.34. The summed E-state index contributed by atoms with van der Waals surface area (Å²) in [5, 5.41) is 0. The van der Waals surface area contributed by atoms with Crippen molar-refractivity contribution < 1.29 is 48.3 Å². The molecule has 2 N–H and O–H groups in total. The third-order valence-electron chi connectivity index (χ3n) is 4.08. The quantitative estimate of drug-likeness (QED) is 0.384. The summed E-state index contributed by atoms with van der Waals surface area (Å²) in [6, 6.07) is 0. The van der Waals surface area contributed by atoms with E-state index >= 15 is 0 Å². The minimum absolute atomic E-state index is 0.0114. The maximum atomic E-state index is 13.7. The monoisotopic (exact) mass is 426 g/mol. The van der Waals surface area contributed by atoms with Crippen LogP contribution in [-0.4, -0.2) is 60.9 Å². The van der Waals surface area contributed by atoms with Gasteiger partial charge in [-0.15, -0.1) is 0 Å². The maximum Gasteiger partial charge on any atom is 0.384 e. The minimum atomic E-state index is -7.15. The molecule has 0 aromatic carbocycles. The number of alkyl halides is 11. The van der Waals surface area contributed by atoms with E-state index in [4.69, 9.17) is 5.73 Å². The standard InChI is InChI=1S/C8H6F11N.C6H15N/c1-20(2)8(19)6(15,16)4(11,12)3(9,10)5(13,14)7(8,17)18;1-2-3-4-5-6-7/h1-2H3;2-7H2,1H3. The Morgan fingerprint density at radius 1 is 0.593 bits per heavy atom. The van der Waals surface area contributed by atoms with Crippen LogP contribution in [0.25, 0.3) is 0 Å². The predicted octanol–water partition coefficient (Wildman–Crippen LogP) is 4.93. The van der Waals surface area contributed by atoms with E-state index in [0.717, 1.165) is 6.54 Å². The van der Waals surface area contributed by atoms with Crippen molar-refractivity contribution in [3.8, 4) is 0 Å². The summed E-state index contributed by atoms with van der Waals surface area (Å²) >= 11 is 0. The lowest BCUT2D eigenvalue weighted by molar-refractivity contribution is -0.502. The van der Waals surface area contributed by atoms with Gasteiger partial charge in [-0.3, -0.25) is 4.90 Å². The Bertz CT molecular complexity index is 457. The van der Waals surface area contributed by atoms with Crippen LogP contribution < -0.4 is 5.73 Å². The van der Waals surface area contributed by atoms with Crippen LogP contribution in [0, 0.1) is 0 Å². The fraction of sp³-hybridized carbons (Fsp3) is 1.00. The molecule has 13 heteroatoms. The zero-order chi connectivity index (χ0) is 22.1. The molecule has 0 amide bonds. The van der Waals surface area contributed by atoms with Crippen molar-refractivity contribution in [2.24, 2.45) is 5.73 Å². The largest absolute Gasteiger partial charge is 0.384 e. The summed E-state index contributed by atoms with van der Waals surface area (Å²) < 4.78 is 143. The second kappa shape index (κ2) is 7.88. The molecule has 1 aliphatic rings. The van der Waals surface area contributed by atoms with E-state index in [9.17, 15) is 48.3 Å². The molecule has 0 saturated heterocycles. The molecule has 0 heterocycles. The van der Waals surface area contributed by atoms with Gasteiger partial charge in [-0.25, -0.2) is 4.39 Å². The van der Waals surface area contributed by atoms with Crippen molar-refractivity contribution in [3.05, 3.63) is 0 Å². The van der Waals surface area contributed by atoms with Crippen LogP contribution in [0.2, 0.25) is 0 Å². The van der Waals surface area contributed by atoms with E-state index in [1.165, 1.54) is 25.7 Å². The van der Waals surface area contributed by atoms with Crippen LogP contribution in [0.5, 0.6) is 0 Å². The average molecular weight is 426 g/mol. The SMILES string of the molecule is CCCCCCN.CN(C)C1(F)C(F)(F)C(F)(F)C(F)(F)C(F)(F)C1(F)F. The predicted molar refractivity (Wildman–Crippen MR) is 75.5 cm³/mol. The van der Waals surface area contributed by atoms with Crippen LogP contribution in [0.1, 0.15) is 32.6 Å². The van der Waals surface area contributed by atoms with Crippen LogP contribution in [0.3, 0.4) is 0 Å². The van der Waals surface area contributed by atoms with E-state index < -0.39 is 40.3 Å². The van der Waals surface area contributed by atoms with Gasteiger partial charge in [0.25, 0.3) is 0 Å². The first kappa shape index (κ1) is 26.1. The van der Waals surface area contributed by atoms with Crippen molar-refractivity contribution in [2.45, 2.75) is 68.0 Å². The molecule has 0 spiro atoms. The number of rotatable bonds is 5. The van der Waals surface area contributed by atoms with E-state index in [-0.39, 0.29) is 14.1 Å². The smallest absolute Gasteiger partial charge is 0.330 e. The molecule has 0 aromatic heterocycles. The fourth-order valence-corrected chi connectivity index (χ4v) is 2.34. The van der Waals surface area contributed by atoms with Gasteiger partial charge in [0.15, 0.2) is 0 Å². The molecule has 164 valence electrons.